The molecule has 0 radical (unpaired) electrons. The summed E-state index contributed by atoms with van der Waals surface area (Å²) < 4.78 is 79.9. The molecule has 0 nitrogen and oxygen atoms in total. The second-order valence-corrected chi connectivity index (χ2v) is 5.97. The fraction of sp³-hybridized carbons (Fsp3) is 0.412. The second kappa shape index (κ2) is 5.73. The van der Waals surface area contributed by atoms with Crippen LogP contribution in [0.5, 0.6) is 0 Å². The molecule has 0 N–H and O–H groups in total. The number of hydrogen-bond donors (Lipinski definition) is 0. The van der Waals surface area contributed by atoms with E-state index in [1.54, 1.807) is 6.92 Å². The molecule has 1 aliphatic rings. The summed E-state index contributed by atoms with van der Waals surface area (Å²) in [6, 6.07) is 3.45. The molecule has 6 heteroatoms. The topological polar surface area (TPSA) is 0 Å². The molecule has 2 rings (SSSR count). The first-order valence-corrected chi connectivity index (χ1v) is 7.08. The molecule has 0 aromatic heterocycles. The van der Waals surface area contributed by atoms with Gasteiger partial charge in [-0.15, -0.1) is 0 Å². The molecule has 0 bridgehead atoms. The lowest BCUT2D eigenvalue weighted by atomic mass is 9.79. The average Bonchev–Trinajstić information content (AvgIpc) is 2.36. The molecule has 0 amide bonds. The van der Waals surface area contributed by atoms with Crippen molar-refractivity contribution in [2.75, 3.05) is 0 Å². The van der Waals surface area contributed by atoms with Crippen molar-refractivity contribution in [2.45, 2.75) is 39.5 Å². The van der Waals surface area contributed by atoms with Crippen LogP contribution in [-0.2, 0) is 6.18 Å². The summed E-state index contributed by atoms with van der Waals surface area (Å²) in [5.74, 6) is -0.638. The number of alkyl halides is 6. The van der Waals surface area contributed by atoms with Gasteiger partial charge in [-0.2, -0.15) is 26.3 Å². The van der Waals surface area contributed by atoms with E-state index in [2.05, 4.69) is 0 Å². The van der Waals surface area contributed by atoms with Crippen molar-refractivity contribution in [1.29, 1.82) is 0 Å². The Labute approximate surface area is 130 Å². The van der Waals surface area contributed by atoms with Crippen molar-refractivity contribution >= 4 is 5.57 Å². The van der Waals surface area contributed by atoms with Crippen LogP contribution in [0.2, 0.25) is 0 Å². The van der Waals surface area contributed by atoms with Crippen LogP contribution in [-0.4, -0.2) is 6.18 Å². The molecule has 1 aromatic rings. The Kier molecular flexibility index (Phi) is 4.39. The third kappa shape index (κ3) is 3.62. The van der Waals surface area contributed by atoms with Gasteiger partial charge < -0.3 is 0 Å². The normalized spacial score (nSPS) is 19.9. The van der Waals surface area contributed by atoms with Gasteiger partial charge in [0.05, 0.1) is 11.1 Å². The minimum Gasteiger partial charge on any atom is -0.166 e. The van der Waals surface area contributed by atoms with E-state index in [1.807, 2.05) is 0 Å². The summed E-state index contributed by atoms with van der Waals surface area (Å²) in [6.07, 6.45) is -8.14. The summed E-state index contributed by atoms with van der Waals surface area (Å²) in [6.45, 7) is 4.56. The van der Waals surface area contributed by atoms with Gasteiger partial charge in [0.1, 0.15) is 0 Å². The third-order valence-corrected chi connectivity index (χ3v) is 3.88. The number of allylic oxidation sites excluding steroid dienone is 4. The maximum atomic E-state index is 13.3. The quantitative estimate of drug-likeness (QED) is 0.528. The lowest BCUT2D eigenvalue weighted by molar-refractivity contribution is -0.137. The van der Waals surface area contributed by atoms with Crippen LogP contribution in [0.25, 0.3) is 5.57 Å². The van der Waals surface area contributed by atoms with Gasteiger partial charge in [-0.3, -0.25) is 0 Å². The van der Waals surface area contributed by atoms with Crippen LogP contribution in [0, 0.1) is 12.8 Å². The van der Waals surface area contributed by atoms with Gasteiger partial charge in [0.15, 0.2) is 0 Å². The van der Waals surface area contributed by atoms with E-state index in [4.69, 9.17) is 0 Å². The molecule has 1 aliphatic carbocycles. The number of benzene rings is 1. The fourth-order valence-corrected chi connectivity index (χ4v) is 3.01. The van der Waals surface area contributed by atoms with Crippen LogP contribution in [0.4, 0.5) is 26.3 Å². The highest BCUT2D eigenvalue weighted by Crippen LogP contribution is 2.46. The van der Waals surface area contributed by atoms with E-state index in [9.17, 15) is 26.3 Å². The minimum absolute atomic E-state index is 0.282. The van der Waals surface area contributed by atoms with E-state index in [0.717, 1.165) is 18.2 Å². The number of aryl methyl sites for hydroxylation is 1. The minimum atomic E-state index is -4.71. The Bertz CT molecular complexity index is 673. The fourth-order valence-electron chi connectivity index (χ4n) is 3.01. The second-order valence-electron chi connectivity index (χ2n) is 5.97. The molecular formula is C17H16F6. The first-order chi connectivity index (χ1) is 10.4. The van der Waals surface area contributed by atoms with E-state index in [1.165, 1.54) is 19.9 Å². The van der Waals surface area contributed by atoms with Gasteiger partial charge in [-0.1, -0.05) is 36.3 Å². The molecule has 0 spiro atoms. The van der Waals surface area contributed by atoms with Crippen molar-refractivity contribution in [1.82, 2.24) is 0 Å². The zero-order chi connectivity index (χ0) is 17.6. The van der Waals surface area contributed by atoms with Gasteiger partial charge in [-0.05, 0) is 43.4 Å². The Balaban J connectivity index is 2.81. The summed E-state index contributed by atoms with van der Waals surface area (Å²) in [5, 5.41) is 0. The van der Waals surface area contributed by atoms with Crippen molar-refractivity contribution in [3.8, 4) is 0 Å². The molecule has 23 heavy (non-hydrogen) atoms. The highest BCUT2D eigenvalue weighted by atomic mass is 19.4. The van der Waals surface area contributed by atoms with Crippen molar-refractivity contribution in [2.24, 2.45) is 5.92 Å². The van der Waals surface area contributed by atoms with E-state index in [0.29, 0.717) is 17.6 Å². The first kappa shape index (κ1) is 17.6. The van der Waals surface area contributed by atoms with Crippen molar-refractivity contribution in [3.05, 3.63) is 52.1 Å². The molecule has 1 aromatic carbocycles. The van der Waals surface area contributed by atoms with Crippen LogP contribution >= 0.6 is 0 Å². The largest absolute Gasteiger partial charge is 0.417 e. The van der Waals surface area contributed by atoms with Crippen molar-refractivity contribution < 1.29 is 26.3 Å². The molecule has 126 valence electrons. The molecule has 1 atom stereocenters. The van der Waals surface area contributed by atoms with Gasteiger partial charge in [0.25, 0.3) is 0 Å². The molecule has 1 unspecified atom stereocenters. The smallest absolute Gasteiger partial charge is 0.166 e. The van der Waals surface area contributed by atoms with E-state index < -0.39 is 29.4 Å². The van der Waals surface area contributed by atoms with Crippen LogP contribution in [0.1, 0.15) is 37.0 Å². The highest BCUT2D eigenvalue weighted by molar-refractivity contribution is 5.77. The zero-order valence-corrected chi connectivity index (χ0v) is 12.9. The maximum absolute atomic E-state index is 13.3. The zero-order valence-electron chi connectivity index (χ0n) is 12.9. The molecule has 0 saturated carbocycles. The van der Waals surface area contributed by atoms with Gasteiger partial charge in [0, 0.05) is 0 Å². The third-order valence-electron chi connectivity index (χ3n) is 3.88. The molecular weight excluding hydrogens is 318 g/mol. The number of rotatable bonds is 1. The summed E-state index contributed by atoms with van der Waals surface area (Å²) in [7, 11) is 0. The molecule has 0 saturated heterocycles. The predicted octanol–water partition coefficient (Wildman–Crippen LogP) is 6.32. The first-order valence-electron chi connectivity index (χ1n) is 7.08. The van der Waals surface area contributed by atoms with Crippen molar-refractivity contribution in [3.63, 3.8) is 0 Å². The van der Waals surface area contributed by atoms with Crippen LogP contribution in [0.15, 0.2) is 35.4 Å². The lowest BCUT2D eigenvalue weighted by Gasteiger charge is -2.28. The van der Waals surface area contributed by atoms with Gasteiger partial charge in [-0.25, -0.2) is 0 Å². The number of hydrogen-bond acceptors (Lipinski definition) is 0. The van der Waals surface area contributed by atoms with E-state index in [-0.39, 0.29) is 11.1 Å². The van der Waals surface area contributed by atoms with Crippen LogP contribution < -0.4 is 0 Å². The maximum Gasteiger partial charge on any atom is 0.417 e. The Morgan fingerprint density at radius 1 is 0.957 bits per heavy atom. The van der Waals surface area contributed by atoms with Gasteiger partial charge >= 0.3 is 12.4 Å². The SMILES string of the molecule is CC1=CC(C(F)(F)F)=C(c2ccc(C)cc2C(F)(F)F)C(C)C1. The average molecular weight is 334 g/mol. The lowest BCUT2D eigenvalue weighted by Crippen LogP contribution is -2.21. The Hall–Kier alpha value is -1.72. The Morgan fingerprint density at radius 2 is 1.57 bits per heavy atom. The monoisotopic (exact) mass is 334 g/mol. The Morgan fingerprint density at radius 3 is 2.09 bits per heavy atom. The molecule has 0 heterocycles. The molecule has 0 fully saturated rings. The van der Waals surface area contributed by atoms with Crippen LogP contribution in [0.3, 0.4) is 0 Å². The summed E-state index contributed by atoms with van der Waals surface area (Å²) in [4.78, 5) is 0. The molecule has 0 aliphatic heterocycles. The summed E-state index contributed by atoms with van der Waals surface area (Å²) in [5.41, 5.74) is -1.81. The van der Waals surface area contributed by atoms with E-state index >= 15 is 0 Å². The highest BCUT2D eigenvalue weighted by Gasteiger charge is 2.41. The predicted molar refractivity (Wildman–Crippen MR) is 76.7 cm³/mol. The summed E-state index contributed by atoms with van der Waals surface area (Å²) >= 11 is 0. The number of halogens is 6. The standard InChI is InChI=1S/C17H16F6/c1-9-4-5-12(13(7-9)16(18,19)20)15-11(3)6-10(2)8-14(15)17(21,22)23/h4-5,7-8,11H,6H2,1-3H3. The van der Waals surface area contributed by atoms with Gasteiger partial charge in [0.2, 0.25) is 0 Å².